The number of unbranched alkanes of at least 4 members (excludes halogenated alkanes) is 1. The molecule has 10 heteroatoms. The van der Waals surface area contributed by atoms with E-state index in [-0.39, 0.29) is 35.3 Å². The quantitative estimate of drug-likeness (QED) is 0.257. The van der Waals surface area contributed by atoms with Crippen LogP contribution in [0.4, 0.5) is 4.79 Å². The van der Waals surface area contributed by atoms with Gasteiger partial charge in [-0.05, 0) is 38.5 Å². The number of hydrogen-bond acceptors (Lipinski definition) is 6. The number of benzene rings is 1. The Morgan fingerprint density at radius 2 is 1.97 bits per heavy atom. The Bertz CT molecular complexity index is 917. The molecule has 2 heterocycles. The molecule has 0 unspecified atom stereocenters. The molecule has 3 rings (SSSR count). The smallest absolute Gasteiger partial charge is 0.315 e. The minimum absolute atomic E-state index is 0.105. The van der Waals surface area contributed by atoms with Gasteiger partial charge in [-0.25, -0.2) is 17.5 Å². The van der Waals surface area contributed by atoms with Crippen LogP contribution >= 0.6 is 11.8 Å². The Morgan fingerprint density at radius 1 is 1.27 bits per heavy atom. The zero-order valence-electron chi connectivity index (χ0n) is 17.1. The van der Waals surface area contributed by atoms with Gasteiger partial charge in [0.25, 0.3) is 10.0 Å². The molecule has 164 valence electrons. The summed E-state index contributed by atoms with van der Waals surface area (Å²) in [5, 5.41) is 6.19. The molecule has 2 amide bonds. The van der Waals surface area contributed by atoms with Gasteiger partial charge in [-0.1, -0.05) is 24.1 Å². The van der Waals surface area contributed by atoms with Crippen LogP contribution in [0.3, 0.4) is 0 Å². The lowest BCUT2D eigenvalue weighted by atomic mass is 10.0. The van der Waals surface area contributed by atoms with Crippen LogP contribution in [0.5, 0.6) is 0 Å². The lowest BCUT2D eigenvalue weighted by molar-refractivity contribution is -0.140. The molecule has 0 saturated carbocycles. The molecule has 2 aliphatic rings. The van der Waals surface area contributed by atoms with Gasteiger partial charge in [-0.3, -0.25) is 4.79 Å². The van der Waals surface area contributed by atoms with Gasteiger partial charge in [0.05, 0.1) is 17.0 Å². The maximum atomic E-state index is 12.6. The van der Waals surface area contributed by atoms with Gasteiger partial charge in [-0.2, -0.15) is 11.8 Å². The molecular formula is C20H27N3O5S2. The second kappa shape index (κ2) is 9.30. The zero-order valence-corrected chi connectivity index (χ0v) is 18.7. The van der Waals surface area contributed by atoms with Crippen LogP contribution in [-0.2, 0) is 19.6 Å². The van der Waals surface area contributed by atoms with E-state index in [1.54, 1.807) is 12.1 Å². The van der Waals surface area contributed by atoms with Crippen molar-refractivity contribution in [2.24, 2.45) is 0 Å². The number of sulfonamides is 1. The third-order valence-corrected chi connectivity index (χ3v) is 8.62. The molecule has 0 radical (unpaired) electrons. The van der Waals surface area contributed by atoms with E-state index in [1.807, 2.05) is 18.7 Å². The van der Waals surface area contributed by atoms with Gasteiger partial charge in [0.2, 0.25) is 5.88 Å². The molecule has 2 saturated heterocycles. The molecule has 3 atom stereocenters. The summed E-state index contributed by atoms with van der Waals surface area (Å²) < 4.78 is 31.3. The van der Waals surface area contributed by atoms with Gasteiger partial charge in [-0.15, -0.1) is 0 Å². The normalized spacial score (nSPS) is 22.7. The molecule has 1 aromatic carbocycles. The van der Waals surface area contributed by atoms with Crippen molar-refractivity contribution in [3.05, 3.63) is 42.3 Å². The average Bonchev–Trinajstić information content (AvgIpc) is 3.24. The van der Waals surface area contributed by atoms with E-state index in [4.69, 9.17) is 4.74 Å². The third kappa shape index (κ3) is 5.10. The molecule has 30 heavy (non-hydrogen) atoms. The van der Waals surface area contributed by atoms with Crippen LogP contribution in [0.15, 0.2) is 41.6 Å². The number of hydrogen-bond donors (Lipinski definition) is 2. The van der Waals surface area contributed by atoms with Crippen LogP contribution in [0.2, 0.25) is 0 Å². The van der Waals surface area contributed by atoms with Crippen molar-refractivity contribution in [3.8, 4) is 0 Å². The van der Waals surface area contributed by atoms with E-state index in [2.05, 4.69) is 17.2 Å². The van der Waals surface area contributed by atoms with E-state index in [9.17, 15) is 18.0 Å². The number of esters is 1. The topological polar surface area (TPSA) is 105 Å². The predicted octanol–water partition coefficient (Wildman–Crippen LogP) is 2.36. The molecule has 2 N–H and O–H groups in total. The van der Waals surface area contributed by atoms with E-state index >= 15 is 0 Å². The number of nitrogens with one attached hydrogen (secondary N) is 2. The summed E-state index contributed by atoms with van der Waals surface area (Å²) >= 11 is 1.83. The maximum absolute atomic E-state index is 12.6. The van der Waals surface area contributed by atoms with E-state index in [1.165, 1.54) is 19.2 Å². The molecule has 8 nitrogen and oxygen atoms in total. The Labute approximate surface area is 181 Å². The first-order valence-electron chi connectivity index (χ1n) is 9.82. The number of nitrogens with zero attached hydrogens (tertiary/aromatic N) is 1. The fourth-order valence-corrected chi connectivity index (χ4v) is 6.15. The first-order chi connectivity index (χ1) is 14.2. The van der Waals surface area contributed by atoms with Crippen LogP contribution in [-0.4, -0.2) is 54.9 Å². The Morgan fingerprint density at radius 3 is 2.67 bits per heavy atom. The van der Waals surface area contributed by atoms with Crippen molar-refractivity contribution in [1.82, 2.24) is 14.9 Å². The average molecular weight is 454 g/mol. The Balaban J connectivity index is 1.41. The lowest BCUT2D eigenvalue weighted by Gasteiger charge is -2.21. The minimum Gasteiger partial charge on any atom is -0.409 e. The number of urea groups is 1. The van der Waals surface area contributed by atoms with E-state index < -0.39 is 16.0 Å². The molecule has 0 aromatic heterocycles. The van der Waals surface area contributed by atoms with Gasteiger partial charge in [0, 0.05) is 24.5 Å². The van der Waals surface area contributed by atoms with Crippen LogP contribution in [0.1, 0.15) is 31.2 Å². The standard InChI is InChI=1S/C20H27N3O5S2/c1-13-8-10-15(11-9-13)30(26,27)23(3)14(2)28-18(24)7-5-4-6-17-19-16(12-29-17)21-20(25)22-19/h8-11,16-17,19H,2,4-7,12H2,1,3H3,(H2,21,22,25)/t16-,17-,19-/m0/s1. The minimum atomic E-state index is -3.84. The monoisotopic (exact) mass is 453 g/mol. The van der Waals surface area contributed by atoms with Crippen LogP contribution in [0.25, 0.3) is 0 Å². The molecule has 0 spiro atoms. The fourth-order valence-electron chi connectivity index (χ4n) is 3.51. The predicted molar refractivity (Wildman–Crippen MR) is 115 cm³/mol. The summed E-state index contributed by atoms with van der Waals surface area (Å²) in [4.78, 5) is 23.6. The summed E-state index contributed by atoms with van der Waals surface area (Å²) in [5.41, 5.74) is 0.944. The van der Waals surface area contributed by atoms with Crippen molar-refractivity contribution in [1.29, 1.82) is 0 Å². The van der Waals surface area contributed by atoms with E-state index in [0.29, 0.717) is 11.7 Å². The second-order valence-corrected chi connectivity index (χ2v) is 10.8. The van der Waals surface area contributed by atoms with Crippen LogP contribution in [0, 0.1) is 6.92 Å². The van der Waals surface area contributed by atoms with Crippen molar-refractivity contribution in [2.75, 3.05) is 12.8 Å². The number of thioether (sulfide) groups is 1. The molecular weight excluding hydrogens is 426 g/mol. The van der Waals surface area contributed by atoms with Crippen LogP contribution < -0.4 is 10.6 Å². The fraction of sp³-hybridized carbons (Fsp3) is 0.500. The number of carbonyl (C=O) groups is 2. The summed E-state index contributed by atoms with van der Waals surface area (Å²) in [6, 6.07) is 6.64. The van der Waals surface area contributed by atoms with Gasteiger partial charge in [0.1, 0.15) is 0 Å². The number of carbonyl (C=O) groups excluding carboxylic acids is 2. The van der Waals surface area contributed by atoms with E-state index in [0.717, 1.165) is 28.5 Å². The molecule has 0 aliphatic carbocycles. The Kier molecular flexibility index (Phi) is 6.97. The van der Waals surface area contributed by atoms with Gasteiger partial charge in [0.15, 0.2) is 0 Å². The third-order valence-electron chi connectivity index (χ3n) is 5.32. The maximum Gasteiger partial charge on any atom is 0.315 e. The SMILES string of the molecule is C=C(OC(=O)CCCC[C@@H]1SC[C@@H]2NC(=O)N[C@@H]21)N(C)S(=O)(=O)c1ccc(C)cc1. The highest BCUT2D eigenvalue weighted by atomic mass is 32.2. The Hall–Kier alpha value is -2.20. The molecule has 2 fully saturated rings. The van der Waals surface area contributed by atoms with Crippen molar-refractivity contribution in [2.45, 2.75) is 54.8 Å². The number of amides is 2. The zero-order chi connectivity index (χ0) is 21.9. The first-order valence-corrected chi connectivity index (χ1v) is 12.3. The number of rotatable bonds is 9. The summed E-state index contributed by atoms with van der Waals surface area (Å²) in [6.45, 7) is 5.46. The number of ether oxygens (including phenoxy) is 1. The summed E-state index contributed by atoms with van der Waals surface area (Å²) in [7, 11) is -2.53. The van der Waals surface area contributed by atoms with Gasteiger partial charge < -0.3 is 15.4 Å². The highest BCUT2D eigenvalue weighted by Gasteiger charge is 2.42. The summed E-state index contributed by atoms with van der Waals surface area (Å²) in [6.07, 6.45) is 2.50. The van der Waals surface area contributed by atoms with Crippen molar-refractivity contribution in [3.63, 3.8) is 0 Å². The largest absolute Gasteiger partial charge is 0.409 e. The van der Waals surface area contributed by atoms with Gasteiger partial charge >= 0.3 is 12.0 Å². The summed E-state index contributed by atoms with van der Waals surface area (Å²) in [5.74, 6) is 0.158. The lowest BCUT2D eigenvalue weighted by Crippen LogP contribution is -2.36. The highest BCUT2D eigenvalue weighted by Crippen LogP contribution is 2.33. The number of fused-ring (bicyclic) bond motifs is 1. The molecule has 1 aromatic rings. The first kappa shape index (κ1) is 22.5. The van der Waals surface area contributed by atoms with Crippen molar-refractivity contribution >= 4 is 33.8 Å². The molecule has 0 bridgehead atoms. The van der Waals surface area contributed by atoms with Crippen molar-refractivity contribution < 1.29 is 22.7 Å². The second-order valence-electron chi connectivity index (χ2n) is 7.52. The number of aryl methyl sites for hydroxylation is 1. The highest BCUT2D eigenvalue weighted by molar-refractivity contribution is 8.00. The molecule has 2 aliphatic heterocycles.